The predicted molar refractivity (Wildman–Crippen MR) is 124 cm³/mol. The first-order valence-electron chi connectivity index (χ1n) is 9.56. The van der Waals surface area contributed by atoms with E-state index in [2.05, 4.69) is 12.1 Å². The van der Waals surface area contributed by atoms with Gasteiger partial charge in [-0.3, -0.25) is 0 Å². The molecule has 0 unspecified atom stereocenters. The second-order valence-corrected chi connectivity index (χ2v) is 8.89. The van der Waals surface area contributed by atoms with Crippen LogP contribution in [-0.2, 0) is 6.42 Å². The van der Waals surface area contributed by atoms with Crippen LogP contribution in [0.5, 0.6) is 5.75 Å². The second-order valence-electron chi connectivity index (χ2n) is 6.64. The molecule has 0 saturated heterocycles. The van der Waals surface area contributed by atoms with Crippen molar-refractivity contribution in [1.82, 2.24) is 0 Å². The van der Waals surface area contributed by atoms with E-state index >= 15 is 0 Å². The van der Waals surface area contributed by atoms with E-state index in [4.69, 9.17) is 4.42 Å². The standard InChI is InChI=1S/C25H20O3S2/c26-22-17-23(19-11-13-21(14-12-19)30-20-9-5-2-6-10-20)28-25(27)24(22)29-16-15-18-7-3-1-4-8-18/h1-14,17,26H,15-16H2. The van der Waals surface area contributed by atoms with E-state index in [-0.39, 0.29) is 10.6 Å². The fraction of sp³-hybridized carbons (Fsp3) is 0.0800. The maximum atomic E-state index is 12.4. The average Bonchev–Trinajstić information content (AvgIpc) is 2.77. The Labute approximate surface area is 183 Å². The summed E-state index contributed by atoms with van der Waals surface area (Å²) in [5, 5.41) is 10.4. The fourth-order valence-electron chi connectivity index (χ4n) is 2.97. The Bertz CT molecular complexity index is 1150. The van der Waals surface area contributed by atoms with E-state index in [0.717, 1.165) is 21.8 Å². The van der Waals surface area contributed by atoms with Gasteiger partial charge in [0.15, 0.2) is 0 Å². The van der Waals surface area contributed by atoms with E-state index < -0.39 is 5.63 Å². The molecular formula is C25H20O3S2. The quantitative estimate of drug-likeness (QED) is 0.338. The molecule has 1 heterocycles. The number of thioether (sulfide) groups is 1. The summed E-state index contributed by atoms with van der Waals surface area (Å²) in [4.78, 5) is 14.9. The summed E-state index contributed by atoms with van der Waals surface area (Å²) in [5.74, 6) is 1.01. The summed E-state index contributed by atoms with van der Waals surface area (Å²) in [7, 11) is 0. The lowest BCUT2D eigenvalue weighted by atomic mass is 10.1. The Morgan fingerprint density at radius 3 is 2.10 bits per heavy atom. The molecule has 0 aliphatic rings. The Hall–Kier alpha value is -2.89. The van der Waals surface area contributed by atoms with Crippen LogP contribution in [-0.4, -0.2) is 10.9 Å². The first-order valence-corrected chi connectivity index (χ1v) is 11.4. The summed E-state index contributed by atoms with van der Waals surface area (Å²) in [5.41, 5.74) is 1.44. The maximum Gasteiger partial charge on any atom is 0.353 e. The monoisotopic (exact) mass is 432 g/mol. The van der Waals surface area contributed by atoms with Gasteiger partial charge in [-0.2, -0.15) is 0 Å². The van der Waals surface area contributed by atoms with Crippen molar-refractivity contribution < 1.29 is 9.52 Å². The van der Waals surface area contributed by atoms with Crippen LogP contribution in [0, 0.1) is 0 Å². The molecule has 3 aromatic carbocycles. The van der Waals surface area contributed by atoms with Crippen molar-refractivity contribution in [3.05, 3.63) is 107 Å². The van der Waals surface area contributed by atoms with Gasteiger partial charge in [0.2, 0.25) is 0 Å². The second kappa shape index (κ2) is 9.74. The van der Waals surface area contributed by atoms with Gasteiger partial charge in [0.25, 0.3) is 0 Å². The van der Waals surface area contributed by atoms with Crippen LogP contribution in [0.1, 0.15) is 5.56 Å². The third kappa shape index (κ3) is 5.17. The van der Waals surface area contributed by atoms with Gasteiger partial charge in [-0.25, -0.2) is 4.79 Å². The zero-order valence-electron chi connectivity index (χ0n) is 16.2. The number of hydrogen-bond donors (Lipinski definition) is 1. The minimum atomic E-state index is -0.509. The SMILES string of the molecule is O=c1oc(-c2ccc(Sc3ccccc3)cc2)cc(O)c1SCCc1ccccc1. The minimum Gasteiger partial charge on any atom is -0.506 e. The summed E-state index contributed by atoms with van der Waals surface area (Å²) in [6, 6.07) is 29.4. The molecule has 5 heteroatoms. The van der Waals surface area contributed by atoms with Crippen LogP contribution in [0.2, 0.25) is 0 Å². The molecule has 0 spiro atoms. The first-order chi connectivity index (χ1) is 14.7. The third-order valence-electron chi connectivity index (χ3n) is 4.49. The highest BCUT2D eigenvalue weighted by Gasteiger charge is 2.13. The zero-order valence-corrected chi connectivity index (χ0v) is 17.8. The van der Waals surface area contributed by atoms with Crippen LogP contribution >= 0.6 is 23.5 Å². The summed E-state index contributed by atoms with van der Waals surface area (Å²) < 4.78 is 5.49. The first kappa shape index (κ1) is 20.4. The highest BCUT2D eigenvalue weighted by atomic mass is 32.2. The van der Waals surface area contributed by atoms with Crippen LogP contribution in [0.15, 0.2) is 115 Å². The molecule has 0 radical (unpaired) electrons. The smallest absolute Gasteiger partial charge is 0.353 e. The largest absolute Gasteiger partial charge is 0.506 e. The molecule has 0 fully saturated rings. The number of rotatable bonds is 7. The highest BCUT2D eigenvalue weighted by molar-refractivity contribution is 7.99. The number of aromatic hydroxyl groups is 1. The summed E-state index contributed by atoms with van der Waals surface area (Å²) in [6.07, 6.45) is 0.812. The molecule has 0 bridgehead atoms. The Balaban J connectivity index is 1.45. The van der Waals surface area contributed by atoms with Gasteiger partial charge >= 0.3 is 5.63 Å². The average molecular weight is 433 g/mol. The lowest BCUT2D eigenvalue weighted by Crippen LogP contribution is -2.04. The van der Waals surface area contributed by atoms with Crippen LogP contribution in [0.4, 0.5) is 0 Å². The molecule has 150 valence electrons. The Morgan fingerprint density at radius 1 is 0.800 bits per heavy atom. The van der Waals surface area contributed by atoms with E-state index in [1.54, 1.807) is 11.8 Å². The van der Waals surface area contributed by atoms with Gasteiger partial charge in [-0.05, 0) is 36.2 Å². The van der Waals surface area contributed by atoms with Crippen molar-refractivity contribution in [2.24, 2.45) is 0 Å². The maximum absolute atomic E-state index is 12.4. The van der Waals surface area contributed by atoms with E-state index in [1.807, 2.05) is 72.8 Å². The van der Waals surface area contributed by atoms with Crippen molar-refractivity contribution in [2.75, 3.05) is 5.75 Å². The molecule has 1 aromatic heterocycles. The normalized spacial score (nSPS) is 10.8. The van der Waals surface area contributed by atoms with Crippen molar-refractivity contribution in [2.45, 2.75) is 21.1 Å². The number of benzene rings is 3. The molecule has 3 nitrogen and oxygen atoms in total. The topological polar surface area (TPSA) is 50.4 Å². The summed E-state index contributed by atoms with van der Waals surface area (Å²) >= 11 is 2.98. The molecule has 0 aliphatic heterocycles. The lowest BCUT2D eigenvalue weighted by molar-refractivity contribution is 0.430. The Morgan fingerprint density at radius 2 is 1.43 bits per heavy atom. The lowest BCUT2D eigenvalue weighted by Gasteiger charge is -2.07. The molecule has 1 N–H and O–H groups in total. The molecule has 30 heavy (non-hydrogen) atoms. The van der Waals surface area contributed by atoms with Crippen LogP contribution in [0.25, 0.3) is 11.3 Å². The molecule has 4 aromatic rings. The van der Waals surface area contributed by atoms with E-state index in [1.165, 1.54) is 23.4 Å². The molecule has 0 aliphatic carbocycles. The summed E-state index contributed by atoms with van der Waals surface area (Å²) in [6.45, 7) is 0. The molecule has 0 amide bonds. The van der Waals surface area contributed by atoms with Gasteiger partial charge in [-0.15, -0.1) is 11.8 Å². The van der Waals surface area contributed by atoms with Crippen molar-refractivity contribution >= 4 is 23.5 Å². The van der Waals surface area contributed by atoms with E-state index in [0.29, 0.717) is 11.5 Å². The van der Waals surface area contributed by atoms with Gasteiger partial charge in [0.05, 0.1) is 0 Å². The van der Waals surface area contributed by atoms with Crippen molar-refractivity contribution in [3.8, 4) is 17.1 Å². The highest BCUT2D eigenvalue weighted by Crippen LogP contribution is 2.32. The van der Waals surface area contributed by atoms with E-state index in [9.17, 15) is 9.90 Å². The van der Waals surface area contributed by atoms with Gasteiger partial charge in [0, 0.05) is 27.2 Å². The number of aryl methyl sites for hydroxylation is 1. The Kier molecular flexibility index (Phi) is 6.62. The predicted octanol–water partition coefficient (Wildman–Crippen LogP) is 6.50. The van der Waals surface area contributed by atoms with Gasteiger partial charge in [-0.1, -0.05) is 72.4 Å². The minimum absolute atomic E-state index is 0.0398. The third-order valence-corrected chi connectivity index (χ3v) is 6.57. The van der Waals surface area contributed by atoms with Crippen LogP contribution < -0.4 is 5.63 Å². The molecular weight excluding hydrogens is 412 g/mol. The molecule has 0 atom stereocenters. The van der Waals surface area contributed by atoms with Crippen molar-refractivity contribution in [3.63, 3.8) is 0 Å². The van der Waals surface area contributed by atoms with Gasteiger partial charge in [0.1, 0.15) is 16.4 Å². The molecule has 4 rings (SSSR count). The zero-order chi connectivity index (χ0) is 20.8. The number of hydrogen-bond acceptors (Lipinski definition) is 5. The van der Waals surface area contributed by atoms with Crippen molar-refractivity contribution in [1.29, 1.82) is 0 Å². The van der Waals surface area contributed by atoms with Crippen LogP contribution in [0.3, 0.4) is 0 Å². The van der Waals surface area contributed by atoms with Gasteiger partial charge < -0.3 is 9.52 Å². The molecule has 0 saturated carbocycles. The fourth-order valence-corrected chi connectivity index (χ4v) is 4.72.